The second-order valence-corrected chi connectivity index (χ2v) is 8.83. The highest BCUT2D eigenvalue weighted by Gasteiger charge is 2.31. The number of hydrogen-bond donors (Lipinski definition) is 1. The molecular formula is C18H26N2O3S. The lowest BCUT2D eigenvalue weighted by Gasteiger charge is -2.32. The number of nitrogens with one attached hydrogen (secondary N) is 1. The smallest absolute Gasteiger partial charge is 0.251 e. The van der Waals surface area contributed by atoms with Crippen molar-refractivity contribution < 1.29 is 13.2 Å². The van der Waals surface area contributed by atoms with Crippen LogP contribution in [-0.2, 0) is 10.0 Å². The van der Waals surface area contributed by atoms with E-state index in [4.69, 9.17) is 0 Å². The van der Waals surface area contributed by atoms with Crippen LogP contribution in [0.2, 0.25) is 0 Å². The first-order chi connectivity index (χ1) is 11.5. The van der Waals surface area contributed by atoms with Gasteiger partial charge in [-0.25, -0.2) is 8.42 Å². The molecule has 1 aromatic carbocycles. The number of benzene rings is 1. The molecule has 6 heteroatoms. The van der Waals surface area contributed by atoms with Crippen LogP contribution < -0.4 is 5.32 Å². The van der Waals surface area contributed by atoms with Crippen molar-refractivity contribution in [3.05, 3.63) is 29.8 Å². The van der Waals surface area contributed by atoms with Gasteiger partial charge in [-0.15, -0.1) is 0 Å². The number of nitrogens with zero attached hydrogens (tertiary/aromatic N) is 1. The molecule has 0 spiro atoms. The molecule has 1 atom stereocenters. The molecule has 132 valence electrons. The molecular weight excluding hydrogens is 324 g/mol. The lowest BCUT2D eigenvalue weighted by atomic mass is 10.1. The summed E-state index contributed by atoms with van der Waals surface area (Å²) in [7, 11) is -3.47. The fraction of sp³-hybridized carbons (Fsp3) is 0.611. The normalized spacial score (nSPS) is 23.3. The first kappa shape index (κ1) is 17.4. The van der Waals surface area contributed by atoms with Crippen LogP contribution in [0.3, 0.4) is 0 Å². The van der Waals surface area contributed by atoms with Gasteiger partial charge < -0.3 is 5.32 Å². The second-order valence-electron chi connectivity index (χ2n) is 6.94. The Balaban J connectivity index is 1.72. The summed E-state index contributed by atoms with van der Waals surface area (Å²) in [4.78, 5) is 12.5. The van der Waals surface area contributed by atoms with Gasteiger partial charge in [0.05, 0.1) is 4.90 Å². The monoisotopic (exact) mass is 350 g/mol. The minimum atomic E-state index is -3.47. The molecule has 2 aliphatic rings. The predicted molar refractivity (Wildman–Crippen MR) is 93.4 cm³/mol. The van der Waals surface area contributed by atoms with Crippen LogP contribution in [0, 0.1) is 0 Å². The van der Waals surface area contributed by atoms with Crippen molar-refractivity contribution in [2.24, 2.45) is 0 Å². The highest BCUT2D eigenvalue weighted by molar-refractivity contribution is 7.89. The Morgan fingerprint density at radius 2 is 1.67 bits per heavy atom. The van der Waals surface area contributed by atoms with Crippen molar-refractivity contribution in [1.29, 1.82) is 0 Å². The number of hydrogen-bond acceptors (Lipinski definition) is 3. The molecule has 1 saturated heterocycles. The quantitative estimate of drug-likeness (QED) is 0.908. The standard InChI is InChI=1S/C18H26N2O3S/c1-14-6-4-5-13-20(14)24(22,23)17-11-9-15(10-12-17)18(21)19-16-7-2-3-8-16/h9-12,14,16H,2-8,13H2,1H3,(H,19,21)/t14-/m1/s1. The zero-order valence-corrected chi connectivity index (χ0v) is 15.0. The first-order valence-electron chi connectivity index (χ1n) is 8.91. The Labute approximate surface area is 144 Å². The number of piperidine rings is 1. The van der Waals surface area contributed by atoms with Gasteiger partial charge in [0.15, 0.2) is 0 Å². The molecule has 1 saturated carbocycles. The van der Waals surface area contributed by atoms with Gasteiger partial charge in [-0.05, 0) is 56.9 Å². The average molecular weight is 350 g/mol. The summed E-state index contributed by atoms with van der Waals surface area (Å²) in [6.07, 6.45) is 7.28. The van der Waals surface area contributed by atoms with E-state index in [-0.39, 0.29) is 22.9 Å². The highest BCUT2D eigenvalue weighted by Crippen LogP contribution is 2.25. The van der Waals surface area contributed by atoms with Crippen molar-refractivity contribution >= 4 is 15.9 Å². The Morgan fingerprint density at radius 1 is 1.04 bits per heavy atom. The van der Waals surface area contributed by atoms with Crippen LogP contribution in [0.25, 0.3) is 0 Å². The van der Waals surface area contributed by atoms with E-state index in [0.29, 0.717) is 12.1 Å². The number of carbonyl (C=O) groups excluding carboxylic acids is 1. The highest BCUT2D eigenvalue weighted by atomic mass is 32.2. The largest absolute Gasteiger partial charge is 0.349 e. The fourth-order valence-corrected chi connectivity index (χ4v) is 5.38. The summed E-state index contributed by atoms with van der Waals surface area (Å²) in [5.74, 6) is -0.114. The van der Waals surface area contributed by atoms with Crippen LogP contribution in [0.5, 0.6) is 0 Å². The minimum absolute atomic E-state index is 0.0362. The zero-order chi connectivity index (χ0) is 17.2. The lowest BCUT2D eigenvalue weighted by molar-refractivity contribution is 0.0937. The Hall–Kier alpha value is -1.40. The lowest BCUT2D eigenvalue weighted by Crippen LogP contribution is -2.41. The maximum Gasteiger partial charge on any atom is 0.251 e. The summed E-state index contributed by atoms with van der Waals surface area (Å²) in [6.45, 7) is 2.54. The van der Waals surface area contributed by atoms with Gasteiger partial charge in [0.25, 0.3) is 5.91 Å². The molecule has 1 aliphatic heterocycles. The molecule has 1 N–H and O–H groups in total. The van der Waals surface area contributed by atoms with E-state index in [1.165, 1.54) is 0 Å². The van der Waals surface area contributed by atoms with Crippen molar-refractivity contribution in [3.8, 4) is 0 Å². The third-order valence-corrected chi connectivity index (χ3v) is 7.18. The van der Waals surface area contributed by atoms with Gasteiger partial charge in [-0.1, -0.05) is 19.3 Å². The van der Waals surface area contributed by atoms with Gasteiger partial charge >= 0.3 is 0 Å². The van der Waals surface area contributed by atoms with E-state index in [0.717, 1.165) is 44.9 Å². The summed E-state index contributed by atoms with van der Waals surface area (Å²) >= 11 is 0. The van der Waals surface area contributed by atoms with E-state index in [2.05, 4.69) is 5.32 Å². The topological polar surface area (TPSA) is 66.5 Å². The molecule has 1 aliphatic carbocycles. The van der Waals surface area contributed by atoms with Crippen molar-refractivity contribution in [2.75, 3.05) is 6.54 Å². The van der Waals surface area contributed by atoms with Gasteiger partial charge in [0.1, 0.15) is 0 Å². The Kier molecular flexibility index (Phi) is 5.25. The second kappa shape index (κ2) is 7.23. The molecule has 1 heterocycles. The van der Waals surface area contributed by atoms with E-state index in [1.54, 1.807) is 28.6 Å². The summed E-state index contributed by atoms with van der Waals surface area (Å²) in [6, 6.07) is 6.64. The molecule has 0 bridgehead atoms. The van der Waals surface area contributed by atoms with Gasteiger partial charge in [-0.2, -0.15) is 4.31 Å². The van der Waals surface area contributed by atoms with Gasteiger partial charge in [-0.3, -0.25) is 4.79 Å². The summed E-state index contributed by atoms with van der Waals surface area (Å²) in [5.41, 5.74) is 0.521. The van der Waals surface area contributed by atoms with Gasteiger partial charge in [0, 0.05) is 24.2 Å². The maximum absolute atomic E-state index is 12.8. The molecule has 0 radical (unpaired) electrons. The summed E-state index contributed by atoms with van der Waals surface area (Å²) in [5, 5.41) is 3.02. The van der Waals surface area contributed by atoms with Crippen molar-refractivity contribution in [1.82, 2.24) is 9.62 Å². The van der Waals surface area contributed by atoms with Crippen molar-refractivity contribution in [3.63, 3.8) is 0 Å². The van der Waals surface area contributed by atoms with Gasteiger partial charge in [0.2, 0.25) is 10.0 Å². The average Bonchev–Trinajstić information content (AvgIpc) is 3.08. The van der Waals surface area contributed by atoms with Crippen LogP contribution >= 0.6 is 0 Å². The molecule has 3 rings (SSSR count). The zero-order valence-electron chi connectivity index (χ0n) is 14.2. The number of carbonyl (C=O) groups is 1. The van der Waals surface area contributed by atoms with Crippen molar-refractivity contribution in [2.45, 2.75) is 68.8 Å². The number of sulfonamides is 1. The maximum atomic E-state index is 12.8. The molecule has 5 nitrogen and oxygen atoms in total. The molecule has 2 fully saturated rings. The molecule has 1 aromatic rings. The van der Waals surface area contributed by atoms with Crippen LogP contribution in [0.1, 0.15) is 62.2 Å². The number of amides is 1. The molecule has 24 heavy (non-hydrogen) atoms. The number of rotatable bonds is 4. The fourth-order valence-electron chi connectivity index (χ4n) is 3.68. The SMILES string of the molecule is C[C@@H]1CCCCN1S(=O)(=O)c1ccc(C(=O)NC2CCCC2)cc1. The first-order valence-corrected chi connectivity index (χ1v) is 10.4. The molecule has 0 aromatic heterocycles. The summed E-state index contributed by atoms with van der Waals surface area (Å²) < 4.78 is 27.2. The molecule has 0 unspecified atom stereocenters. The predicted octanol–water partition coefficient (Wildman–Crippen LogP) is 2.92. The van der Waals surface area contributed by atoms with E-state index >= 15 is 0 Å². The Morgan fingerprint density at radius 3 is 2.29 bits per heavy atom. The third kappa shape index (κ3) is 3.64. The van der Waals surface area contributed by atoms with E-state index in [9.17, 15) is 13.2 Å². The van der Waals surface area contributed by atoms with Crippen LogP contribution in [0.4, 0.5) is 0 Å². The van der Waals surface area contributed by atoms with E-state index in [1.807, 2.05) is 6.92 Å². The molecule has 1 amide bonds. The minimum Gasteiger partial charge on any atom is -0.349 e. The van der Waals surface area contributed by atoms with Crippen LogP contribution in [-0.4, -0.2) is 37.3 Å². The Bertz CT molecular complexity index is 679. The van der Waals surface area contributed by atoms with Crippen LogP contribution in [0.15, 0.2) is 29.2 Å². The van der Waals surface area contributed by atoms with E-state index < -0.39 is 10.0 Å². The third-order valence-electron chi connectivity index (χ3n) is 5.16.